The smallest absolute Gasteiger partial charge is 0.314 e. The Morgan fingerprint density at radius 2 is 1.91 bits per heavy atom. The SMILES string of the molecule is CCNC(=O)CNC(=O)NC. The molecular weight excluding hydrogens is 146 g/mol. The maximum absolute atomic E-state index is 10.7. The molecule has 0 aromatic carbocycles. The van der Waals surface area contributed by atoms with E-state index < -0.39 is 0 Å². The molecule has 5 nitrogen and oxygen atoms in total. The highest BCUT2D eigenvalue weighted by Crippen LogP contribution is 1.64. The van der Waals surface area contributed by atoms with Crippen molar-refractivity contribution in [2.75, 3.05) is 20.1 Å². The Labute approximate surface area is 65.5 Å². The maximum atomic E-state index is 10.7. The lowest BCUT2D eigenvalue weighted by molar-refractivity contribution is -0.119. The fraction of sp³-hybridized carbons (Fsp3) is 0.667. The van der Waals surface area contributed by atoms with Gasteiger partial charge in [0.25, 0.3) is 0 Å². The molecule has 5 heteroatoms. The van der Waals surface area contributed by atoms with Crippen LogP contribution in [0.4, 0.5) is 4.79 Å². The molecule has 0 fully saturated rings. The number of hydrogen-bond donors (Lipinski definition) is 3. The molecule has 0 aromatic rings. The average molecular weight is 159 g/mol. The van der Waals surface area contributed by atoms with Gasteiger partial charge in [-0.3, -0.25) is 4.79 Å². The largest absolute Gasteiger partial charge is 0.355 e. The van der Waals surface area contributed by atoms with Crippen molar-refractivity contribution >= 4 is 11.9 Å². The molecule has 11 heavy (non-hydrogen) atoms. The Balaban J connectivity index is 3.38. The molecule has 0 spiro atoms. The molecule has 64 valence electrons. The van der Waals surface area contributed by atoms with Crippen LogP contribution < -0.4 is 16.0 Å². The van der Waals surface area contributed by atoms with E-state index in [0.29, 0.717) is 6.54 Å². The molecule has 0 heterocycles. The maximum Gasteiger partial charge on any atom is 0.314 e. The van der Waals surface area contributed by atoms with Crippen molar-refractivity contribution in [1.82, 2.24) is 16.0 Å². The number of amides is 3. The molecule has 0 unspecified atom stereocenters. The van der Waals surface area contributed by atoms with Gasteiger partial charge in [-0.2, -0.15) is 0 Å². The quantitative estimate of drug-likeness (QED) is 0.497. The predicted octanol–water partition coefficient (Wildman–Crippen LogP) is -0.948. The first-order valence-electron chi connectivity index (χ1n) is 3.43. The first kappa shape index (κ1) is 9.74. The highest BCUT2D eigenvalue weighted by atomic mass is 16.2. The summed E-state index contributed by atoms with van der Waals surface area (Å²) in [6.07, 6.45) is 0. The molecule has 0 atom stereocenters. The number of likely N-dealkylation sites (N-methyl/N-ethyl adjacent to an activating group) is 1. The summed E-state index contributed by atoms with van der Waals surface area (Å²) in [7, 11) is 1.49. The average Bonchev–Trinajstić information content (AvgIpc) is 2.01. The third-order valence-electron chi connectivity index (χ3n) is 1.01. The van der Waals surface area contributed by atoms with Gasteiger partial charge in [-0.25, -0.2) is 4.79 Å². The van der Waals surface area contributed by atoms with Crippen LogP contribution in [0.3, 0.4) is 0 Å². The van der Waals surface area contributed by atoms with E-state index in [1.807, 2.05) is 6.92 Å². The summed E-state index contributed by atoms with van der Waals surface area (Å²) in [5, 5.41) is 7.23. The molecule has 0 aliphatic rings. The molecule has 0 rings (SSSR count). The van der Waals surface area contributed by atoms with Crippen LogP contribution in [0.25, 0.3) is 0 Å². The second-order valence-electron chi connectivity index (χ2n) is 1.89. The first-order valence-corrected chi connectivity index (χ1v) is 3.43. The number of nitrogens with one attached hydrogen (secondary N) is 3. The Morgan fingerprint density at radius 1 is 1.27 bits per heavy atom. The third kappa shape index (κ3) is 5.20. The van der Waals surface area contributed by atoms with Gasteiger partial charge in [-0.15, -0.1) is 0 Å². The molecule has 0 radical (unpaired) electrons. The van der Waals surface area contributed by atoms with Gasteiger partial charge in [-0.1, -0.05) is 0 Å². The Morgan fingerprint density at radius 3 is 2.36 bits per heavy atom. The van der Waals surface area contributed by atoms with E-state index in [9.17, 15) is 9.59 Å². The van der Waals surface area contributed by atoms with Gasteiger partial charge in [0.05, 0.1) is 6.54 Å². The zero-order valence-electron chi connectivity index (χ0n) is 6.73. The summed E-state index contributed by atoms with van der Waals surface area (Å²) in [5.74, 6) is -0.184. The molecule has 0 aromatic heterocycles. The highest BCUT2D eigenvalue weighted by Gasteiger charge is 2.00. The van der Waals surface area contributed by atoms with Crippen LogP contribution in [0.5, 0.6) is 0 Å². The van der Waals surface area contributed by atoms with Crippen LogP contribution in [0.15, 0.2) is 0 Å². The van der Waals surface area contributed by atoms with Gasteiger partial charge >= 0.3 is 6.03 Å². The molecule has 0 aliphatic heterocycles. The lowest BCUT2D eigenvalue weighted by atomic mass is 10.5. The lowest BCUT2D eigenvalue weighted by Gasteiger charge is -2.03. The highest BCUT2D eigenvalue weighted by molar-refractivity contribution is 5.83. The van der Waals surface area contributed by atoms with Crippen molar-refractivity contribution in [1.29, 1.82) is 0 Å². The minimum atomic E-state index is -0.351. The summed E-state index contributed by atoms with van der Waals surface area (Å²) < 4.78 is 0. The lowest BCUT2D eigenvalue weighted by Crippen LogP contribution is -2.40. The van der Waals surface area contributed by atoms with Crippen LogP contribution in [0.1, 0.15) is 6.92 Å². The van der Waals surface area contributed by atoms with Crippen molar-refractivity contribution in [3.05, 3.63) is 0 Å². The number of urea groups is 1. The molecule has 3 amide bonds. The minimum absolute atomic E-state index is 0.0213. The number of carbonyl (C=O) groups is 2. The van der Waals surface area contributed by atoms with Crippen LogP contribution >= 0.6 is 0 Å². The molecule has 0 saturated heterocycles. The second kappa shape index (κ2) is 5.52. The third-order valence-corrected chi connectivity index (χ3v) is 1.01. The normalized spacial score (nSPS) is 8.55. The summed E-state index contributed by atoms with van der Waals surface area (Å²) >= 11 is 0. The molecule has 0 aliphatic carbocycles. The van der Waals surface area contributed by atoms with Gasteiger partial charge in [0, 0.05) is 13.6 Å². The van der Waals surface area contributed by atoms with E-state index >= 15 is 0 Å². The van der Waals surface area contributed by atoms with Gasteiger partial charge in [0.1, 0.15) is 0 Å². The van der Waals surface area contributed by atoms with Crippen molar-refractivity contribution in [3.8, 4) is 0 Å². The zero-order chi connectivity index (χ0) is 8.69. The first-order chi connectivity index (χ1) is 5.20. The fourth-order valence-corrected chi connectivity index (χ4v) is 0.509. The minimum Gasteiger partial charge on any atom is -0.355 e. The van der Waals surface area contributed by atoms with E-state index in [4.69, 9.17) is 0 Å². The van der Waals surface area contributed by atoms with Gasteiger partial charge in [0.2, 0.25) is 5.91 Å². The van der Waals surface area contributed by atoms with Gasteiger partial charge in [-0.05, 0) is 6.92 Å². The number of carbonyl (C=O) groups excluding carboxylic acids is 2. The van der Waals surface area contributed by atoms with Crippen molar-refractivity contribution in [2.24, 2.45) is 0 Å². The molecular formula is C6H13N3O2. The van der Waals surface area contributed by atoms with E-state index in [1.165, 1.54) is 7.05 Å². The van der Waals surface area contributed by atoms with Crippen molar-refractivity contribution in [3.63, 3.8) is 0 Å². The van der Waals surface area contributed by atoms with E-state index in [0.717, 1.165) is 0 Å². The molecule has 0 bridgehead atoms. The van der Waals surface area contributed by atoms with Crippen LogP contribution in [-0.4, -0.2) is 32.1 Å². The predicted molar refractivity (Wildman–Crippen MR) is 41.1 cm³/mol. The van der Waals surface area contributed by atoms with Crippen LogP contribution in [0.2, 0.25) is 0 Å². The summed E-state index contributed by atoms with van der Waals surface area (Å²) in [6.45, 7) is 2.42. The number of hydrogen-bond acceptors (Lipinski definition) is 2. The molecule has 0 saturated carbocycles. The van der Waals surface area contributed by atoms with E-state index in [-0.39, 0.29) is 18.5 Å². The Bertz CT molecular complexity index is 147. The summed E-state index contributed by atoms with van der Waals surface area (Å²) in [6, 6.07) is -0.351. The fourth-order valence-electron chi connectivity index (χ4n) is 0.509. The van der Waals surface area contributed by atoms with Gasteiger partial charge in [0.15, 0.2) is 0 Å². The zero-order valence-corrected chi connectivity index (χ0v) is 6.73. The Hall–Kier alpha value is -1.26. The topological polar surface area (TPSA) is 70.2 Å². The van der Waals surface area contributed by atoms with E-state index in [2.05, 4.69) is 16.0 Å². The standard InChI is InChI=1S/C6H13N3O2/c1-3-8-5(10)4-9-6(11)7-2/h3-4H2,1-2H3,(H,8,10)(H2,7,9,11). The van der Waals surface area contributed by atoms with Gasteiger partial charge < -0.3 is 16.0 Å². The van der Waals surface area contributed by atoms with Crippen LogP contribution in [-0.2, 0) is 4.79 Å². The van der Waals surface area contributed by atoms with E-state index in [1.54, 1.807) is 0 Å². The monoisotopic (exact) mass is 159 g/mol. The Kier molecular flexibility index (Phi) is 4.89. The summed E-state index contributed by atoms with van der Waals surface area (Å²) in [4.78, 5) is 21.2. The number of rotatable bonds is 3. The van der Waals surface area contributed by atoms with Crippen molar-refractivity contribution < 1.29 is 9.59 Å². The summed E-state index contributed by atoms with van der Waals surface area (Å²) in [5.41, 5.74) is 0. The van der Waals surface area contributed by atoms with Crippen LogP contribution in [0, 0.1) is 0 Å². The molecule has 3 N–H and O–H groups in total. The van der Waals surface area contributed by atoms with Crippen molar-refractivity contribution in [2.45, 2.75) is 6.92 Å². The second-order valence-corrected chi connectivity index (χ2v) is 1.89.